The van der Waals surface area contributed by atoms with Crippen LogP contribution in [0.2, 0.25) is 0 Å². The van der Waals surface area contributed by atoms with Crippen LogP contribution < -0.4 is 14.2 Å². The van der Waals surface area contributed by atoms with Crippen LogP contribution in [0.15, 0.2) is 53.1 Å². The molecular formula is C20H19NO6. The number of hydrogen-bond donors (Lipinski definition) is 0. The molecule has 0 unspecified atom stereocenters. The molecule has 0 saturated carbocycles. The van der Waals surface area contributed by atoms with Crippen LogP contribution in [0.3, 0.4) is 0 Å². The lowest BCUT2D eigenvalue weighted by Crippen LogP contribution is -2.05. The quantitative estimate of drug-likeness (QED) is 0.587. The third-order valence-corrected chi connectivity index (χ3v) is 3.88. The number of rotatable bonds is 7. The van der Waals surface area contributed by atoms with Crippen LogP contribution in [0.25, 0.3) is 11.3 Å². The van der Waals surface area contributed by atoms with Crippen LogP contribution in [-0.4, -0.2) is 32.5 Å². The Hall–Kier alpha value is -3.48. The minimum Gasteiger partial charge on any atom is -0.497 e. The zero-order chi connectivity index (χ0) is 19.2. The predicted octanol–water partition coefficient (Wildman–Crippen LogP) is 3.72. The molecule has 140 valence electrons. The minimum atomic E-state index is -0.468. The van der Waals surface area contributed by atoms with E-state index in [0.29, 0.717) is 34.3 Å². The van der Waals surface area contributed by atoms with Gasteiger partial charge in [0.25, 0.3) is 0 Å². The topological polar surface area (TPSA) is 80.0 Å². The fourth-order valence-electron chi connectivity index (χ4n) is 2.48. The molecule has 0 bridgehead atoms. The second-order valence-electron chi connectivity index (χ2n) is 5.56. The van der Waals surface area contributed by atoms with Crippen molar-refractivity contribution < 1.29 is 28.3 Å². The van der Waals surface area contributed by atoms with Gasteiger partial charge in [-0.25, -0.2) is 4.79 Å². The lowest BCUT2D eigenvalue weighted by Gasteiger charge is -2.07. The monoisotopic (exact) mass is 369 g/mol. The molecule has 0 atom stereocenters. The molecule has 0 saturated heterocycles. The second-order valence-corrected chi connectivity index (χ2v) is 5.56. The highest BCUT2D eigenvalue weighted by molar-refractivity contribution is 5.89. The van der Waals surface area contributed by atoms with E-state index in [2.05, 4.69) is 5.16 Å². The van der Waals surface area contributed by atoms with E-state index in [0.717, 1.165) is 5.56 Å². The number of hydrogen-bond acceptors (Lipinski definition) is 7. The molecule has 3 aromatic rings. The summed E-state index contributed by atoms with van der Waals surface area (Å²) >= 11 is 0. The third kappa shape index (κ3) is 4.20. The van der Waals surface area contributed by atoms with E-state index in [1.807, 2.05) is 6.07 Å². The highest BCUT2D eigenvalue weighted by atomic mass is 16.5. The van der Waals surface area contributed by atoms with E-state index in [1.54, 1.807) is 56.7 Å². The lowest BCUT2D eigenvalue weighted by atomic mass is 10.1. The first-order valence-corrected chi connectivity index (χ1v) is 8.13. The molecule has 7 heteroatoms. The van der Waals surface area contributed by atoms with Crippen molar-refractivity contribution in [1.82, 2.24) is 5.16 Å². The molecule has 7 nitrogen and oxygen atoms in total. The van der Waals surface area contributed by atoms with Crippen molar-refractivity contribution in [3.63, 3.8) is 0 Å². The van der Waals surface area contributed by atoms with Crippen molar-refractivity contribution in [2.24, 2.45) is 0 Å². The molecule has 0 amide bonds. The van der Waals surface area contributed by atoms with Gasteiger partial charge in [0, 0.05) is 11.6 Å². The highest BCUT2D eigenvalue weighted by Crippen LogP contribution is 2.32. The molecule has 27 heavy (non-hydrogen) atoms. The Labute approximate surface area is 156 Å². The molecule has 0 N–H and O–H groups in total. The van der Waals surface area contributed by atoms with Gasteiger partial charge in [-0.15, -0.1) is 0 Å². The van der Waals surface area contributed by atoms with Crippen LogP contribution in [0.1, 0.15) is 16.1 Å². The van der Waals surface area contributed by atoms with Gasteiger partial charge in [-0.2, -0.15) is 0 Å². The maximum absolute atomic E-state index is 12.2. The van der Waals surface area contributed by atoms with Gasteiger partial charge in [-0.3, -0.25) is 0 Å². The smallest absolute Gasteiger partial charge is 0.338 e. The number of aromatic nitrogens is 1. The average molecular weight is 369 g/mol. The Morgan fingerprint density at radius 2 is 1.78 bits per heavy atom. The fourth-order valence-corrected chi connectivity index (χ4v) is 2.48. The molecule has 0 fully saturated rings. The summed E-state index contributed by atoms with van der Waals surface area (Å²) < 4.78 is 26.2. The zero-order valence-corrected chi connectivity index (χ0v) is 15.2. The van der Waals surface area contributed by atoms with E-state index in [4.69, 9.17) is 23.5 Å². The van der Waals surface area contributed by atoms with E-state index in [-0.39, 0.29) is 6.61 Å². The molecule has 2 aromatic carbocycles. The number of carbonyl (C=O) groups is 1. The maximum atomic E-state index is 12.2. The summed E-state index contributed by atoms with van der Waals surface area (Å²) in [6.45, 7) is -0.00711. The van der Waals surface area contributed by atoms with Gasteiger partial charge in [0.2, 0.25) is 0 Å². The van der Waals surface area contributed by atoms with Gasteiger partial charge in [0.15, 0.2) is 17.3 Å². The number of methoxy groups -OCH3 is 3. The van der Waals surface area contributed by atoms with E-state index in [1.165, 1.54) is 7.11 Å². The normalized spacial score (nSPS) is 10.3. The summed E-state index contributed by atoms with van der Waals surface area (Å²) in [5.74, 6) is 1.85. The molecule has 0 spiro atoms. The average Bonchev–Trinajstić information content (AvgIpc) is 3.20. The van der Waals surface area contributed by atoms with Crippen molar-refractivity contribution in [3.05, 3.63) is 59.8 Å². The van der Waals surface area contributed by atoms with Crippen molar-refractivity contribution in [1.29, 1.82) is 0 Å². The molecule has 0 radical (unpaired) electrons. The summed E-state index contributed by atoms with van der Waals surface area (Å²) in [5, 5.41) is 3.94. The molecule has 1 aromatic heterocycles. The predicted molar refractivity (Wildman–Crippen MR) is 97.2 cm³/mol. The van der Waals surface area contributed by atoms with Gasteiger partial charge < -0.3 is 23.5 Å². The molecule has 0 aliphatic heterocycles. The fraction of sp³-hybridized carbons (Fsp3) is 0.200. The summed E-state index contributed by atoms with van der Waals surface area (Å²) in [6.07, 6.45) is 0. The van der Waals surface area contributed by atoms with Crippen LogP contribution in [0, 0.1) is 0 Å². The van der Waals surface area contributed by atoms with Gasteiger partial charge >= 0.3 is 5.97 Å². The van der Waals surface area contributed by atoms with Crippen LogP contribution >= 0.6 is 0 Å². The zero-order valence-electron chi connectivity index (χ0n) is 15.2. The maximum Gasteiger partial charge on any atom is 0.338 e. The number of benzene rings is 2. The molecule has 0 aliphatic carbocycles. The van der Waals surface area contributed by atoms with Crippen molar-refractivity contribution >= 4 is 5.97 Å². The number of nitrogens with zero attached hydrogens (tertiary/aromatic N) is 1. The molecule has 1 heterocycles. The summed E-state index contributed by atoms with van der Waals surface area (Å²) in [4.78, 5) is 12.2. The first-order valence-electron chi connectivity index (χ1n) is 8.13. The highest BCUT2D eigenvalue weighted by Gasteiger charge is 2.13. The summed E-state index contributed by atoms with van der Waals surface area (Å²) in [5.41, 5.74) is 1.67. The first-order chi connectivity index (χ1) is 13.1. The van der Waals surface area contributed by atoms with E-state index < -0.39 is 5.97 Å². The Morgan fingerprint density at radius 1 is 0.963 bits per heavy atom. The second kappa shape index (κ2) is 8.27. The SMILES string of the molecule is COc1cccc(C(=O)OCc2cc(-c3ccc(OC)c(OC)c3)on2)c1. The lowest BCUT2D eigenvalue weighted by molar-refractivity contribution is 0.0464. The van der Waals surface area contributed by atoms with Crippen molar-refractivity contribution in [2.75, 3.05) is 21.3 Å². The molecule has 0 aliphatic rings. The Kier molecular flexibility index (Phi) is 5.61. The Balaban J connectivity index is 1.68. The number of ether oxygens (including phenoxy) is 4. The largest absolute Gasteiger partial charge is 0.497 e. The number of esters is 1. The Morgan fingerprint density at radius 3 is 2.52 bits per heavy atom. The molecule has 3 rings (SSSR count). The van der Waals surface area contributed by atoms with Crippen molar-refractivity contribution in [3.8, 4) is 28.6 Å². The summed E-state index contributed by atoms with van der Waals surface area (Å²) in [7, 11) is 4.67. The summed E-state index contributed by atoms with van der Waals surface area (Å²) in [6, 6.07) is 13.8. The number of carbonyl (C=O) groups excluding carboxylic acids is 1. The van der Waals surface area contributed by atoms with Gasteiger partial charge in [0.1, 0.15) is 18.1 Å². The molecular weight excluding hydrogens is 350 g/mol. The third-order valence-electron chi connectivity index (χ3n) is 3.88. The van der Waals surface area contributed by atoms with Gasteiger partial charge in [-0.1, -0.05) is 11.2 Å². The minimum absolute atomic E-state index is 0.00711. The first kappa shape index (κ1) is 18.3. The van der Waals surface area contributed by atoms with Crippen LogP contribution in [0.4, 0.5) is 0 Å². The van der Waals surface area contributed by atoms with Gasteiger partial charge in [-0.05, 0) is 36.4 Å². The van der Waals surface area contributed by atoms with Crippen LogP contribution in [0.5, 0.6) is 17.2 Å². The standard InChI is InChI=1S/C20H19NO6/c1-23-16-6-4-5-14(9-16)20(22)26-12-15-11-18(27-21-15)13-7-8-17(24-2)19(10-13)25-3/h4-11H,12H2,1-3H3. The van der Waals surface area contributed by atoms with E-state index >= 15 is 0 Å². The van der Waals surface area contributed by atoms with Gasteiger partial charge in [0.05, 0.1) is 26.9 Å². The van der Waals surface area contributed by atoms with Crippen molar-refractivity contribution in [2.45, 2.75) is 6.61 Å². The Bertz CT molecular complexity index is 934. The van der Waals surface area contributed by atoms with E-state index in [9.17, 15) is 4.79 Å². The van der Waals surface area contributed by atoms with Crippen LogP contribution in [-0.2, 0) is 11.3 Å².